The Hall–Kier alpha value is -0.660. The van der Waals surface area contributed by atoms with Gasteiger partial charge >= 0.3 is 5.97 Å². The second-order valence-corrected chi connectivity index (χ2v) is 7.20. The van der Waals surface area contributed by atoms with E-state index in [-0.39, 0.29) is 12.6 Å². The highest BCUT2D eigenvalue weighted by atomic mass is 32.2. The highest BCUT2D eigenvalue weighted by molar-refractivity contribution is 7.87. The van der Waals surface area contributed by atoms with Gasteiger partial charge in [-0.2, -0.15) is 17.4 Å². The molecule has 19 heavy (non-hydrogen) atoms. The average Bonchev–Trinajstić information content (AvgIpc) is 2.39. The van der Waals surface area contributed by atoms with Crippen LogP contribution in [0.4, 0.5) is 0 Å². The van der Waals surface area contributed by atoms with Crippen molar-refractivity contribution >= 4 is 16.2 Å². The van der Waals surface area contributed by atoms with Crippen molar-refractivity contribution in [3.63, 3.8) is 0 Å². The molecule has 2 rings (SSSR count). The fraction of sp³-hybridized carbons (Fsp3) is 0.917. The number of hydrogen-bond acceptors (Lipinski definition) is 3. The molecule has 0 spiro atoms. The molecule has 7 heteroatoms. The number of hydrogen-bond donors (Lipinski definition) is 2. The van der Waals surface area contributed by atoms with E-state index in [1.807, 2.05) is 0 Å². The lowest BCUT2D eigenvalue weighted by Gasteiger charge is -2.32. The summed E-state index contributed by atoms with van der Waals surface area (Å²) in [4.78, 5) is 11.0. The van der Waals surface area contributed by atoms with Crippen LogP contribution < -0.4 is 4.72 Å². The molecule has 1 saturated heterocycles. The average molecular weight is 290 g/mol. The van der Waals surface area contributed by atoms with Crippen LogP contribution in [0.3, 0.4) is 0 Å². The minimum Gasteiger partial charge on any atom is -0.481 e. The van der Waals surface area contributed by atoms with Crippen molar-refractivity contribution in [3.05, 3.63) is 0 Å². The maximum atomic E-state index is 12.2. The van der Waals surface area contributed by atoms with Gasteiger partial charge in [-0.1, -0.05) is 19.3 Å². The summed E-state index contributed by atoms with van der Waals surface area (Å²) in [5.74, 6) is -1.48. The molecule has 1 unspecified atom stereocenters. The topological polar surface area (TPSA) is 86.7 Å². The lowest BCUT2D eigenvalue weighted by Crippen LogP contribution is -2.50. The first-order chi connectivity index (χ1) is 8.99. The van der Waals surface area contributed by atoms with Gasteiger partial charge in [0.1, 0.15) is 0 Å². The zero-order chi connectivity index (χ0) is 13.9. The first kappa shape index (κ1) is 14.7. The van der Waals surface area contributed by atoms with Crippen molar-refractivity contribution in [2.45, 2.75) is 51.0 Å². The molecule has 0 aromatic rings. The summed E-state index contributed by atoms with van der Waals surface area (Å²) in [6.45, 7) is 0.517. The third-order valence-electron chi connectivity index (χ3n) is 3.99. The Bertz CT molecular complexity index is 417. The largest absolute Gasteiger partial charge is 0.481 e. The number of rotatable bonds is 4. The third kappa shape index (κ3) is 3.90. The highest BCUT2D eigenvalue weighted by Gasteiger charge is 2.33. The van der Waals surface area contributed by atoms with Crippen molar-refractivity contribution in [3.8, 4) is 0 Å². The number of nitrogens with one attached hydrogen (secondary N) is 1. The third-order valence-corrected chi connectivity index (χ3v) is 5.64. The van der Waals surface area contributed by atoms with Crippen LogP contribution in [0.5, 0.6) is 0 Å². The molecule has 0 bridgehead atoms. The van der Waals surface area contributed by atoms with Gasteiger partial charge in [0.15, 0.2) is 0 Å². The van der Waals surface area contributed by atoms with E-state index < -0.39 is 22.1 Å². The predicted octanol–water partition coefficient (Wildman–Crippen LogP) is 0.950. The number of carbonyl (C=O) groups is 1. The van der Waals surface area contributed by atoms with Gasteiger partial charge in [-0.05, 0) is 25.7 Å². The first-order valence-electron chi connectivity index (χ1n) is 6.99. The number of nitrogens with zero attached hydrogens (tertiary/aromatic N) is 1. The minimum absolute atomic E-state index is 0.0176. The van der Waals surface area contributed by atoms with Crippen molar-refractivity contribution in [2.75, 3.05) is 13.1 Å². The summed E-state index contributed by atoms with van der Waals surface area (Å²) in [5, 5.41) is 9.00. The molecule has 0 aromatic heterocycles. The van der Waals surface area contributed by atoms with E-state index in [1.54, 1.807) is 0 Å². The molecule has 2 aliphatic rings. The molecule has 0 radical (unpaired) electrons. The molecule has 6 nitrogen and oxygen atoms in total. The molecular formula is C12H22N2O4S. The van der Waals surface area contributed by atoms with E-state index in [4.69, 9.17) is 5.11 Å². The molecule has 1 saturated carbocycles. The molecule has 1 atom stereocenters. The number of piperidine rings is 1. The van der Waals surface area contributed by atoms with Crippen LogP contribution in [0.15, 0.2) is 0 Å². The highest BCUT2D eigenvalue weighted by Crippen LogP contribution is 2.22. The molecule has 0 aromatic carbocycles. The Labute approximate surface area is 114 Å². The predicted molar refractivity (Wildman–Crippen MR) is 70.9 cm³/mol. The van der Waals surface area contributed by atoms with Crippen LogP contribution in [0.25, 0.3) is 0 Å². The maximum Gasteiger partial charge on any atom is 0.307 e. The van der Waals surface area contributed by atoms with Gasteiger partial charge in [0.05, 0.1) is 5.92 Å². The minimum atomic E-state index is -3.53. The summed E-state index contributed by atoms with van der Waals surface area (Å²) >= 11 is 0. The van der Waals surface area contributed by atoms with E-state index in [0.717, 1.165) is 25.7 Å². The van der Waals surface area contributed by atoms with Gasteiger partial charge < -0.3 is 5.11 Å². The summed E-state index contributed by atoms with van der Waals surface area (Å²) in [6, 6.07) is 0.0176. The van der Waals surface area contributed by atoms with Crippen molar-refractivity contribution < 1.29 is 18.3 Å². The lowest BCUT2D eigenvalue weighted by molar-refractivity contribution is -0.142. The summed E-state index contributed by atoms with van der Waals surface area (Å²) < 4.78 is 28.5. The monoisotopic (exact) mass is 290 g/mol. The van der Waals surface area contributed by atoms with Crippen LogP contribution in [0.2, 0.25) is 0 Å². The Balaban J connectivity index is 1.96. The summed E-state index contributed by atoms with van der Waals surface area (Å²) in [6.07, 6.45) is 6.23. The van der Waals surface area contributed by atoms with Crippen LogP contribution >= 0.6 is 0 Å². The van der Waals surface area contributed by atoms with Gasteiger partial charge in [0.2, 0.25) is 0 Å². The second-order valence-electron chi connectivity index (χ2n) is 5.49. The Morgan fingerprint density at radius 3 is 2.42 bits per heavy atom. The molecule has 2 fully saturated rings. The lowest BCUT2D eigenvalue weighted by atomic mass is 9.96. The first-order valence-corrected chi connectivity index (χ1v) is 8.43. The Kier molecular flexibility index (Phi) is 4.81. The molecule has 1 aliphatic heterocycles. The second kappa shape index (κ2) is 6.19. The van der Waals surface area contributed by atoms with Gasteiger partial charge in [-0.25, -0.2) is 0 Å². The molecule has 110 valence electrons. The van der Waals surface area contributed by atoms with Crippen LogP contribution in [0, 0.1) is 5.92 Å². The quantitative estimate of drug-likeness (QED) is 0.807. The van der Waals surface area contributed by atoms with Crippen LogP contribution in [-0.4, -0.2) is 42.9 Å². The standard InChI is InChI=1S/C12H22N2O4S/c15-12(16)10-5-4-8-14(9-10)19(17,18)13-11-6-2-1-3-7-11/h10-11,13H,1-9H2,(H,15,16). The molecular weight excluding hydrogens is 268 g/mol. The number of carboxylic acids is 1. The number of aliphatic carboxylic acids is 1. The maximum absolute atomic E-state index is 12.2. The van der Waals surface area contributed by atoms with E-state index in [2.05, 4.69) is 4.72 Å². The van der Waals surface area contributed by atoms with Gasteiger partial charge in [0, 0.05) is 19.1 Å². The fourth-order valence-electron chi connectivity index (χ4n) is 2.87. The van der Waals surface area contributed by atoms with Gasteiger partial charge in [0.25, 0.3) is 10.2 Å². The summed E-state index contributed by atoms with van der Waals surface area (Å²) in [7, 11) is -3.53. The van der Waals surface area contributed by atoms with E-state index in [0.29, 0.717) is 19.4 Å². The zero-order valence-corrected chi connectivity index (χ0v) is 11.9. The van der Waals surface area contributed by atoms with Gasteiger partial charge in [-0.3, -0.25) is 4.79 Å². The molecule has 2 N–H and O–H groups in total. The molecule has 0 amide bonds. The van der Waals surface area contributed by atoms with E-state index >= 15 is 0 Å². The van der Waals surface area contributed by atoms with Crippen molar-refractivity contribution in [1.29, 1.82) is 0 Å². The smallest absolute Gasteiger partial charge is 0.307 e. The molecule has 1 aliphatic carbocycles. The van der Waals surface area contributed by atoms with Crippen molar-refractivity contribution in [2.24, 2.45) is 5.92 Å². The fourth-order valence-corrected chi connectivity index (χ4v) is 4.42. The van der Waals surface area contributed by atoms with E-state index in [1.165, 1.54) is 10.7 Å². The van der Waals surface area contributed by atoms with Crippen molar-refractivity contribution in [1.82, 2.24) is 9.03 Å². The Morgan fingerprint density at radius 1 is 1.11 bits per heavy atom. The zero-order valence-electron chi connectivity index (χ0n) is 11.0. The van der Waals surface area contributed by atoms with Crippen LogP contribution in [0.1, 0.15) is 44.9 Å². The number of carboxylic acid groups (broad SMARTS) is 1. The molecule has 1 heterocycles. The SMILES string of the molecule is O=C(O)C1CCCN(S(=O)(=O)NC2CCCCC2)C1. The van der Waals surface area contributed by atoms with Gasteiger partial charge in [-0.15, -0.1) is 0 Å². The van der Waals surface area contributed by atoms with E-state index in [9.17, 15) is 13.2 Å². The Morgan fingerprint density at radius 2 is 1.79 bits per heavy atom. The normalized spacial score (nSPS) is 27.3. The van der Waals surface area contributed by atoms with Crippen LogP contribution in [-0.2, 0) is 15.0 Å². The summed E-state index contributed by atoms with van der Waals surface area (Å²) in [5.41, 5.74) is 0.